The molecule has 1 aromatic heterocycles. The molecule has 1 saturated heterocycles. The fourth-order valence-corrected chi connectivity index (χ4v) is 4.54. The number of hydrogen-bond donors (Lipinski definition) is 0. The van der Waals surface area contributed by atoms with Crippen LogP contribution < -0.4 is 14.4 Å². The molecule has 1 aliphatic heterocycles. The van der Waals surface area contributed by atoms with Crippen LogP contribution >= 0.6 is 11.3 Å². The average Bonchev–Trinajstić information content (AvgIpc) is 3.20. The van der Waals surface area contributed by atoms with E-state index in [1.165, 1.54) is 15.8 Å². The van der Waals surface area contributed by atoms with Gasteiger partial charge < -0.3 is 19.3 Å². The lowest BCUT2D eigenvalue weighted by atomic mass is 10.1. The molecular formula is C22H25N3O3S. The van der Waals surface area contributed by atoms with Crippen LogP contribution in [0.15, 0.2) is 36.4 Å². The molecule has 3 aromatic rings. The maximum atomic E-state index is 12.6. The van der Waals surface area contributed by atoms with Gasteiger partial charge in [0.05, 0.1) is 17.3 Å². The number of fused-ring (bicyclic) bond motifs is 1. The normalized spacial score (nSPS) is 14.3. The van der Waals surface area contributed by atoms with Crippen LogP contribution in [-0.2, 0) is 4.79 Å². The number of ether oxygens (including phenoxy) is 2. The molecule has 2 heterocycles. The summed E-state index contributed by atoms with van der Waals surface area (Å²) in [5.41, 5.74) is 3.60. The van der Waals surface area contributed by atoms with Gasteiger partial charge in [0.15, 0.2) is 23.2 Å². The quantitative estimate of drug-likeness (QED) is 0.642. The number of nitrogens with zero attached hydrogens (tertiary/aromatic N) is 3. The summed E-state index contributed by atoms with van der Waals surface area (Å²) in [4.78, 5) is 21.6. The summed E-state index contributed by atoms with van der Waals surface area (Å²) in [6, 6.07) is 11.7. The zero-order chi connectivity index (χ0) is 20.4. The van der Waals surface area contributed by atoms with Gasteiger partial charge in [0, 0.05) is 26.2 Å². The van der Waals surface area contributed by atoms with Crippen LogP contribution in [0, 0.1) is 13.8 Å². The molecule has 0 bridgehead atoms. The van der Waals surface area contributed by atoms with E-state index in [1.54, 1.807) is 24.5 Å². The lowest BCUT2D eigenvalue weighted by Gasteiger charge is -2.34. The van der Waals surface area contributed by atoms with Crippen molar-refractivity contribution in [2.75, 3.05) is 44.8 Å². The van der Waals surface area contributed by atoms with Crippen molar-refractivity contribution in [3.8, 4) is 11.5 Å². The van der Waals surface area contributed by atoms with E-state index in [2.05, 4.69) is 30.9 Å². The molecule has 1 amide bonds. The van der Waals surface area contributed by atoms with Gasteiger partial charge in [0.25, 0.3) is 5.91 Å². The van der Waals surface area contributed by atoms with Gasteiger partial charge in [0.1, 0.15) is 0 Å². The van der Waals surface area contributed by atoms with Gasteiger partial charge in [-0.3, -0.25) is 4.79 Å². The Morgan fingerprint density at radius 2 is 1.79 bits per heavy atom. The topological polar surface area (TPSA) is 54.9 Å². The fraction of sp³-hybridized carbons (Fsp3) is 0.364. The second-order valence-electron chi connectivity index (χ2n) is 7.16. The van der Waals surface area contributed by atoms with E-state index in [-0.39, 0.29) is 12.5 Å². The van der Waals surface area contributed by atoms with Crippen molar-refractivity contribution < 1.29 is 14.3 Å². The lowest BCUT2D eigenvalue weighted by molar-refractivity contribution is -0.133. The third-order valence-corrected chi connectivity index (χ3v) is 6.48. The highest BCUT2D eigenvalue weighted by molar-refractivity contribution is 7.22. The van der Waals surface area contributed by atoms with E-state index in [1.807, 2.05) is 23.1 Å². The number of rotatable bonds is 5. The second kappa shape index (κ2) is 8.29. The zero-order valence-electron chi connectivity index (χ0n) is 17.0. The van der Waals surface area contributed by atoms with E-state index in [0.29, 0.717) is 24.6 Å². The molecule has 4 rings (SSSR count). The number of carbonyl (C=O) groups excluding carboxylic acids is 1. The SMILES string of the molecule is COc1ccccc1OCC(=O)N1CCN(c2nc3c(C)c(C)ccc3s2)CC1. The van der Waals surface area contributed by atoms with Crippen LogP contribution in [0.5, 0.6) is 11.5 Å². The Labute approximate surface area is 174 Å². The van der Waals surface area contributed by atoms with E-state index in [0.717, 1.165) is 23.7 Å². The number of aryl methyl sites for hydroxylation is 2. The van der Waals surface area contributed by atoms with Crippen molar-refractivity contribution in [1.29, 1.82) is 0 Å². The number of hydrogen-bond acceptors (Lipinski definition) is 6. The minimum absolute atomic E-state index is 0.00803. The van der Waals surface area contributed by atoms with Crippen LogP contribution in [-0.4, -0.2) is 55.7 Å². The highest BCUT2D eigenvalue weighted by atomic mass is 32.1. The number of aromatic nitrogens is 1. The van der Waals surface area contributed by atoms with Gasteiger partial charge in [-0.25, -0.2) is 4.98 Å². The minimum Gasteiger partial charge on any atom is -0.493 e. The Balaban J connectivity index is 1.35. The molecule has 0 atom stereocenters. The smallest absolute Gasteiger partial charge is 0.260 e. The Hall–Kier alpha value is -2.80. The monoisotopic (exact) mass is 411 g/mol. The number of methoxy groups -OCH3 is 1. The molecule has 29 heavy (non-hydrogen) atoms. The van der Waals surface area contributed by atoms with Gasteiger partial charge in [-0.2, -0.15) is 0 Å². The van der Waals surface area contributed by atoms with Crippen molar-refractivity contribution in [3.63, 3.8) is 0 Å². The number of piperazine rings is 1. The molecular weight excluding hydrogens is 386 g/mol. The Bertz CT molecular complexity index is 1030. The van der Waals surface area contributed by atoms with Crippen molar-refractivity contribution in [3.05, 3.63) is 47.5 Å². The molecule has 2 aromatic carbocycles. The predicted molar refractivity (Wildman–Crippen MR) is 116 cm³/mol. The number of thiazole rings is 1. The number of anilines is 1. The van der Waals surface area contributed by atoms with Crippen LogP contribution in [0.3, 0.4) is 0 Å². The maximum Gasteiger partial charge on any atom is 0.260 e. The molecule has 0 unspecified atom stereocenters. The third-order valence-electron chi connectivity index (χ3n) is 5.40. The van der Waals surface area contributed by atoms with E-state index in [4.69, 9.17) is 14.5 Å². The molecule has 0 N–H and O–H groups in total. The molecule has 152 valence electrons. The molecule has 1 fully saturated rings. The number of amides is 1. The van der Waals surface area contributed by atoms with Crippen LogP contribution in [0.4, 0.5) is 5.13 Å². The fourth-order valence-electron chi connectivity index (χ4n) is 3.47. The summed E-state index contributed by atoms with van der Waals surface area (Å²) < 4.78 is 12.2. The molecule has 0 radical (unpaired) electrons. The van der Waals surface area contributed by atoms with E-state index < -0.39 is 0 Å². The van der Waals surface area contributed by atoms with E-state index in [9.17, 15) is 4.79 Å². The molecule has 0 aliphatic carbocycles. The van der Waals surface area contributed by atoms with Crippen LogP contribution in [0.25, 0.3) is 10.2 Å². The van der Waals surface area contributed by atoms with Gasteiger partial charge in [-0.05, 0) is 43.2 Å². The first-order valence-corrected chi connectivity index (χ1v) is 10.5. The summed E-state index contributed by atoms with van der Waals surface area (Å²) in [5.74, 6) is 1.21. The van der Waals surface area contributed by atoms with Crippen molar-refractivity contribution in [2.24, 2.45) is 0 Å². The van der Waals surface area contributed by atoms with E-state index >= 15 is 0 Å². The zero-order valence-corrected chi connectivity index (χ0v) is 17.8. The highest BCUT2D eigenvalue weighted by Crippen LogP contribution is 2.32. The summed E-state index contributed by atoms with van der Waals surface area (Å²) >= 11 is 1.72. The van der Waals surface area contributed by atoms with Gasteiger partial charge in [0.2, 0.25) is 0 Å². The predicted octanol–water partition coefficient (Wildman–Crippen LogP) is 3.65. The molecule has 7 heteroatoms. The Morgan fingerprint density at radius 3 is 2.52 bits per heavy atom. The first kappa shape index (κ1) is 19.5. The molecule has 6 nitrogen and oxygen atoms in total. The second-order valence-corrected chi connectivity index (χ2v) is 8.17. The molecule has 0 spiro atoms. The van der Waals surface area contributed by atoms with Crippen LogP contribution in [0.2, 0.25) is 0 Å². The highest BCUT2D eigenvalue weighted by Gasteiger charge is 2.24. The largest absolute Gasteiger partial charge is 0.493 e. The Morgan fingerprint density at radius 1 is 1.07 bits per heavy atom. The Kier molecular flexibility index (Phi) is 5.58. The summed E-state index contributed by atoms with van der Waals surface area (Å²) in [6.45, 7) is 7.14. The third kappa shape index (κ3) is 4.00. The molecule has 1 aliphatic rings. The molecule has 0 saturated carbocycles. The summed E-state index contributed by atoms with van der Waals surface area (Å²) in [6.07, 6.45) is 0. The van der Waals surface area contributed by atoms with Crippen LogP contribution in [0.1, 0.15) is 11.1 Å². The van der Waals surface area contributed by atoms with Crippen molar-refractivity contribution >= 4 is 32.6 Å². The average molecular weight is 412 g/mol. The summed E-state index contributed by atoms with van der Waals surface area (Å²) in [5, 5.41) is 1.03. The number of carbonyl (C=O) groups is 1. The first-order chi connectivity index (χ1) is 14.1. The van der Waals surface area contributed by atoms with Crippen molar-refractivity contribution in [1.82, 2.24) is 9.88 Å². The lowest BCUT2D eigenvalue weighted by Crippen LogP contribution is -2.50. The van der Waals surface area contributed by atoms with Gasteiger partial charge in [-0.15, -0.1) is 0 Å². The summed E-state index contributed by atoms with van der Waals surface area (Å²) in [7, 11) is 1.59. The minimum atomic E-state index is -0.00803. The first-order valence-electron chi connectivity index (χ1n) is 9.72. The van der Waals surface area contributed by atoms with Gasteiger partial charge in [-0.1, -0.05) is 29.5 Å². The van der Waals surface area contributed by atoms with Crippen molar-refractivity contribution in [2.45, 2.75) is 13.8 Å². The maximum absolute atomic E-state index is 12.6. The number of benzene rings is 2. The standard InChI is InChI=1S/C22H25N3O3S/c1-15-8-9-19-21(16(15)2)23-22(29-19)25-12-10-24(11-13-25)20(26)14-28-18-7-5-4-6-17(18)27-3/h4-9H,10-14H2,1-3H3. The van der Waals surface area contributed by atoms with Gasteiger partial charge >= 0.3 is 0 Å². The number of para-hydroxylation sites is 2.